The van der Waals surface area contributed by atoms with E-state index in [1.165, 1.54) is 17.0 Å². The van der Waals surface area contributed by atoms with Crippen LogP contribution in [0.3, 0.4) is 0 Å². The maximum atomic E-state index is 12.6. The summed E-state index contributed by atoms with van der Waals surface area (Å²) in [7, 11) is 3.13. The number of amides is 1. The second-order valence-electron chi connectivity index (χ2n) is 7.58. The van der Waals surface area contributed by atoms with Crippen LogP contribution in [-0.4, -0.2) is 40.0 Å². The molecule has 2 heterocycles. The Morgan fingerprint density at radius 3 is 2.59 bits per heavy atom. The van der Waals surface area contributed by atoms with Gasteiger partial charge in [0.25, 0.3) is 5.69 Å². The number of pyridine rings is 2. The van der Waals surface area contributed by atoms with Gasteiger partial charge < -0.3 is 15.0 Å². The fourth-order valence-corrected chi connectivity index (χ4v) is 3.72. The quantitative estimate of drug-likeness (QED) is 0.290. The molecule has 2 aromatic heterocycles. The van der Waals surface area contributed by atoms with Gasteiger partial charge in [0.15, 0.2) is 5.75 Å². The normalized spacial score (nSPS) is 11.6. The third kappa shape index (κ3) is 4.74. The van der Waals surface area contributed by atoms with Crippen LogP contribution < -0.4 is 10.1 Å². The summed E-state index contributed by atoms with van der Waals surface area (Å²) in [5, 5.41) is 15.7. The number of nitro benzene ring substituents is 1. The lowest BCUT2D eigenvalue weighted by Gasteiger charge is -2.24. The Morgan fingerprint density at radius 1 is 1.09 bits per heavy atom. The number of anilines is 1. The van der Waals surface area contributed by atoms with Crippen LogP contribution in [-0.2, 0) is 0 Å². The third-order valence-corrected chi connectivity index (χ3v) is 5.37. The van der Waals surface area contributed by atoms with Crippen LogP contribution in [0.1, 0.15) is 17.2 Å². The number of nitro groups is 1. The summed E-state index contributed by atoms with van der Waals surface area (Å²) in [6.45, 7) is 0. The third-order valence-electron chi connectivity index (χ3n) is 5.06. The number of nitrogens with one attached hydrogen (secondary N) is 1. The molecule has 0 fully saturated rings. The molecule has 10 heteroatoms. The SMILES string of the molecule is CN(C)C(=O)Oc1c(C(Nc2ccccn2)c2cccc([N+](=O)[O-])c2)cc(Cl)c2cccnc12. The van der Waals surface area contributed by atoms with Crippen LogP contribution in [0.5, 0.6) is 5.75 Å². The van der Waals surface area contributed by atoms with Crippen molar-refractivity contribution in [1.82, 2.24) is 14.9 Å². The van der Waals surface area contributed by atoms with Gasteiger partial charge in [-0.3, -0.25) is 15.1 Å². The summed E-state index contributed by atoms with van der Waals surface area (Å²) in [4.78, 5) is 33.6. The van der Waals surface area contributed by atoms with Gasteiger partial charge in [-0.1, -0.05) is 29.8 Å². The van der Waals surface area contributed by atoms with Crippen LogP contribution >= 0.6 is 11.6 Å². The van der Waals surface area contributed by atoms with E-state index in [2.05, 4.69) is 15.3 Å². The van der Waals surface area contributed by atoms with Crippen molar-refractivity contribution in [3.63, 3.8) is 0 Å². The molecule has 1 amide bonds. The molecule has 0 radical (unpaired) electrons. The van der Waals surface area contributed by atoms with E-state index in [-0.39, 0.29) is 11.4 Å². The van der Waals surface area contributed by atoms with Crippen LogP contribution in [0.15, 0.2) is 73.1 Å². The van der Waals surface area contributed by atoms with E-state index in [0.717, 1.165) is 0 Å². The second-order valence-corrected chi connectivity index (χ2v) is 7.99. The average molecular weight is 478 g/mol. The van der Waals surface area contributed by atoms with Crippen molar-refractivity contribution < 1.29 is 14.5 Å². The number of aromatic nitrogens is 2. The number of carbonyl (C=O) groups excluding carboxylic acids is 1. The molecule has 0 saturated carbocycles. The molecular weight excluding hydrogens is 458 g/mol. The molecule has 0 saturated heterocycles. The summed E-state index contributed by atoms with van der Waals surface area (Å²) in [6, 6.07) is 16.0. The van der Waals surface area contributed by atoms with E-state index in [0.29, 0.717) is 32.9 Å². The highest BCUT2D eigenvalue weighted by molar-refractivity contribution is 6.35. The van der Waals surface area contributed by atoms with Gasteiger partial charge in [-0.2, -0.15) is 0 Å². The van der Waals surface area contributed by atoms with E-state index in [4.69, 9.17) is 16.3 Å². The summed E-state index contributed by atoms with van der Waals surface area (Å²) in [6.07, 6.45) is 2.59. The predicted molar refractivity (Wildman–Crippen MR) is 129 cm³/mol. The van der Waals surface area contributed by atoms with E-state index < -0.39 is 17.1 Å². The van der Waals surface area contributed by atoms with Crippen molar-refractivity contribution in [2.45, 2.75) is 6.04 Å². The zero-order chi connectivity index (χ0) is 24.2. The number of benzene rings is 2. The van der Waals surface area contributed by atoms with Gasteiger partial charge in [-0.15, -0.1) is 0 Å². The molecule has 0 aliphatic rings. The highest BCUT2D eigenvalue weighted by atomic mass is 35.5. The molecule has 4 rings (SSSR count). The Kier molecular flexibility index (Phi) is 6.55. The standard InChI is InChI=1S/C24H20ClN5O4/c1-29(2)24(31)34-23-18(14-19(25)17-9-6-12-27-22(17)23)21(28-20-10-3-4-11-26-20)15-7-5-8-16(13-15)30(32)33/h3-14,21H,1-2H3,(H,26,28). The number of fused-ring (bicyclic) bond motifs is 1. The second kappa shape index (κ2) is 9.72. The highest BCUT2D eigenvalue weighted by Crippen LogP contribution is 2.41. The molecule has 4 aromatic rings. The molecule has 0 bridgehead atoms. The van der Waals surface area contributed by atoms with Crippen LogP contribution in [0.4, 0.5) is 16.3 Å². The molecule has 1 unspecified atom stereocenters. The molecule has 9 nitrogen and oxygen atoms in total. The molecule has 34 heavy (non-hydrogen) atoms. The van der Waals surface area contributed by atoms with Gasteiger partial charge in [0, 0.05) is 49.6 Å². The highest BCUT2D eigenvalue weighted by Gasteiger charge is 2.26. The first-order chi connectivity index (χ1) is 16.3. The van der Waals surface area contributed by atoms with Crippen molar-refractivity contribution in [3.8, 4) is 5.75 Å². The lowest BCUT2D eigenvalue weighted by molar-refractivity contribution is -0.384. The molecular formula is C24H20ClN5O4. The Bertz CT molecular complexity index is 1360. The lowest BCUT2D eigenvalue weighted by atomic mass is 9.95. The number of hydrogen-bond acceptors (Lipinski definition) is 7. The van der Waals surface area contributed by atoms with Crippen molar-refractivity contribution in [3.05, 3.63) is 99.3 Å². The van der Waals surface area contributed by atoms with Crippen molar-refractivity contribution in [1.29, 1.82) is 0 Å². The smallest absolute Gasteiger partial charge is 0.407 e. The van der Waals surface area contributed by atoms with Gasteiger partial charge in [0.2, 0.25) is 0 Å². The predicted octanol–water partition coefficient (Wildman–Crippen LogP) is 5.45. The van der Waals surface area contributed by atoms with Gasteiger partial charge in [0.05, 0.1) is 16.0 Å². The fourth-order valence-electron chi connectivity index (χ4n) is 3.45. The van der Waals surface area contributed by atoms with Gasteiger partial charge in [-0.05, 0) is 35.9 Å². The summed E-state index contributed by atoms with van der Waals surface area (Å²) in [5.74, 6) is 0.708. The van der Waals surface area contributed by atoms with E-state index in [9.17, 15) is 14.9 Å². The molecule has 2 aromatic carbocycles. The lowest BCUT2D eigenvalue weighted by Crippen LogP contribution is -2.26. The number of non-ortho nitro benzene ring substituents is 1. The molecule has 0 aliphatic carbocycles. The zero-order valence-electron chi connectivity index (χ0n) is 18.3. The Hall–Kier alpha value is -4.24. The molecule has 1 N–H and O–H groups in total. The molecule has 172 valence electrons. The maximum absolute atomic E-state index is 12.6. The van der Waals surface area contributed by atoms with Gasteiger partial charge in [0.1, 0.15) is 11.3 Å². The largest absolute Gasteiger partial charge is 0.414 e. The van der Waals surface area contributed by atoms with Crippen molar-refractivity contribution >= 4 is 40.1 Å². The number of rotatable bonds is 6. The zero-order valence-corrected chi connectivity index (χ0v) is 19.1. The first-order valence-corrected chi connectivity index (χ1v) is 10.6. The summed E-state index contributed by atoms with van der Waals surface area (Å²) >= 11 is 6.61. The minimum atomic E-state index is -0.705. The Balaban J connectivity index is 1.97. The number of halogens is 1. The first kappa shape index (κ1) is 22.9. The minimum absolute atomic E-state index is 0.0813. The van der Waals surface area contributed by atoms with E-state index in [1.54, 1.807) is 69.0 Å². The van der Waals surface area contributed by atoms with E-state index >= 15 is 0 Å². The van der Waals surface area contributed by atoms with Crippen molar-refractivity contribution in [2.24, 2.45) is 0 Å². The minimum Gasteiger partial charge on any atom is -0.407 e. The topological polar surface area (TPSA) is 110 Å². The summed E-state index contributed by atoms with van der Waals surface area (Å²) < 4.78 is 5.76. The first-order valence-electron chi connectivity index (χ1n) is 10.2. The Morgan fingerprint density at radius 2 is 1.88 bits per heavy atom. The van der Waals surface area contributed by atoms with Crippen LogP contribution in [0, 0.1) is 10.1 Å². The number of ether oxygens (including phenoxy) is 1. The van der Waals surface area contributed by atoms with Crippen LogP contribution in [0.25, 0.3) is 10.9 Å². The molecule has 0 spiro atoms. The average Bonchev–Trinajstić information content (AvgIpc) is 2.85. The monoisotopic (exact) mass is 477 g/mol. The molecule has 0 aliphatic heterocycles. The van der Waals surface area contributed by atoms with E-state index in [1.807, 2.05) is 6.07 Å². The fraction of sp³-hybridized carbons (Fsp3) is 0.125. The van der Waals surface area contributed by atoms with Gasteiger partial charge in [-0.25, -0.2) is 9.78 Å². The maximum Gasteiger partial charge on any atom is 0.414 e. The van der Waals surface area contributed by atoms with Crippen molar-refractivity contribution in [2.75, 3.05) is 19.4 Å². The van der Waals surface area contributed by atoms with Crippen LogP contribution in [0.2, 0.25) is 5.02 Å². The number of hydrogen-bond donors (Lipinski definition) is 1. The number of carbonyl (C=O) groups is 1. The molecule has 1 atom stereocenters. The number of nitrogens with zero attached hydrogens (tertiary/aromatic N) is 4. The Labute approximate surface area is 200 Å². The van der Waals surface area contributed by atoms with Gasteiger partial charge >= 0.3 is 6.09 Å². The summed E-state index contributed by atoms with van der Waals surface area (Å²) in [5.41, 5.74) is 1.33.